The smallest absolute Gasteiger partial charge is 0.407 e. The maximum Gasteiger partial charge on any atom is 0.407 e. The van der Waals surface area contributed by atoms with E-state index in [4.69, 9.17) is 10.5 Å². The normalized spacial score (nSPS) is 13.7. The van der Waals surface area contributed by atoms with Crippen molar-refractivity contribution in [3.05, 3.63) is 29.3 Å². The maximum atomic E-state index is 12.3. The summed E-state index contributed by atoms with van der Waals surface area (Å²) in [5.74, 6) is 0.549. The molecule has 0 aromatic heterocycles. The van der Waals surface area contributed by atoms with Gasteiger partial charge in [0.15, 0.2) is 0 Å². The van der Waals surface area contributed by atoms with Crippen molar-refractivity contribution in [2.75, 3.05) is 7.11 Å². The fourth-order valence-corrected chi connectivity index (χ4v) is 1.28. The molecule has 0 aliphatic rings. The zero-order valence-corrected chi connectivity index (χ0v) is 8.43. The number of aryl methyl sites for hydroxylation is 1. The van der Waals surface area contributed by atoms with Crippen molar-refractivity contribution in [1.29, 1.82) is 0 Å². The molecule has 0 saturated heterocycles. The van der Waals surface area contributed by atoms with Crippen LogP contribution in [0.5, 0.6) is 5.75 Å². The van der Waals surface area contributed by atoms with Gasteiger partial charge in [-0.1, -0.05) is 12.1 Å². The lowest BCUT2D eigenvalue weighted by atomic mass is 10.0. The molecule has 84 valence electrons. The first-order valence-electron chi connectivity index (χ1n) is 4.33. The van der Waals surface area contributed by atoms with Crippen LogP contribution < -0.4 is 10.5 Å². The Balaban J connectivity index is 3.02. The van der Waals surface area contributed by atoms with Crippen LogP contribution >= 0.6 is 0 Å². The minimum Gasteiger partial charge on any atom is -0.496 e. The van der Waals surface area contributed by atoms with E-state index in [0.717, 1.165) is 0 Å². The highest BCUT2D eigenvalue weighted by Gasteiger charge is 2.37. The third-order valence-electron chi connectivity index (χ3n) is 2.13. The zero-order chi connectivity index (χ0) is 11.6. The lowest BCUT2D eigenvalue weighted by Crippen LogP contribution is -2.28. The van der Waals surface area contributed by atoms with Crippen LogP contribution in [0.25, 0.3) is 0 Å². The predicted molar refractivity (Wildman–Crippen MR) is 50.7 cm³/mol. The van der Waals surface area contributed by atoms with Crippen LogP contribution in [0.3, 0.4) is 0 Å². The largest absolute Gasteiger partial charge is 0.496 e. The standard InChI is InChI=1S/C10H12F3NO/c1-6-5-7(3-4-8(6)15-2)9(14)10(11,12)13/h3-5,9H,14H2,1-2H3/t9-/m0/s1. The Morgan fingerprint density at radius 3 is 2.33 bits per heavy atom. The number of hydrogen-bond acceptors (Lipinski definition) is 2. The fourth-order valence-electron chi connectivity index (χ4n) is 1.28. The van der Waals surface area contributed by atoms with E-state index < -0.39 is 12.2 Å². The summed E-state index contributed by atoms with van der Waals surface area (Å²) in [4.78, 5) is 0. The van der Waals surface area contributed by atoms with Crippen molar-refractivity contribution in [3.63, 3.8) is 0 Å². The number of nitrogens with two attached hydrogens (primary N) is 1. The molecule has 2 nitrogen and oxygen atoms in total. The summed E-state index contributed by atoms with van der Waals surface area (Å²) in [5, 5.41) is 0. The molecule has 0 saturated carbocycles. The maximum absolute atomic E-state index is 12.3. The number of halogens is 3. The van der Waals surface area contributed by atoms with Gasteiger partial charge in [-0.25, -0.2) is 0 Å². The Morgan fingerprint density at radius 2 is 1.93 bits per heavy atom. The molecule has 0 fully saturated rings. The Labute approximate surface area is 85.8 Å². The quantitative estimate of drug-likeness (QED) is 0.829. The van der Waals surface area contributed by atoms with Gasteiger partial charge in [0.05, 0.1) is 7.11 Å². The Bertz CT molecular complexity index is 349. The molecule has 1 aromatic carbocycles. The SMILES string of the molecule is COc1ccc([C@H](N)C(F)(F)F)cc1C. The second kappa shape index (κ2) is 4.10. The molecule has 0 spiro atoms. The van der Waals surface area contributed by atoms with Crippen molar-refractivity contribution >= 4 is 0 Å². The molecule has 0 bridgehead atoms. The third kappa shape index (κ3) is 2.62. The molecule has 1 atom stereocenters. The van der Waals surface area contributed by atoms with Gasteiger partial charge in [-0.3, -0.25) is 0 Å². The van der Waals surface area contributed by atoms with E-state index in [2.05, 4.69) is 0 Å². The summed E-state index contributed by atoms with van der Waals surface area (Å²) >= 11 is 0. The number of methoxy groups -OCH3 is 1. The van der Waals surface area contributed by atoms with Crippen LogP contribution in [0, 0.1) is 6.92 Å². The summed E-state index contributed by atoms with van der Waals surface area (Å²) in [6, 6.07) is 2.25. The van der Waals surface area contributed by atoms with Crippen LogP contribution in [-0.2, 0) is 0 Å². The lowest BCUT2D eigenvalue weighted by molar-refractivity contribution is -0.149. The fraction of sp³-hybridized carbons (Fsp3) is 0.400. The van der Waals surface area contributed by atoms with Crippen molar-refractivity contribution in [2.45, 2.75) is 19.1 Å². The summed E-state index contributed by atoms with van der Waals surface area (Å²) in [7, 11) is 1.46. The molecule has 0 unspecified atom stereocenters. The van der Waals surface area contributed by atoms with Gasteiger partial charge in [0, 0.05) is 0 Å². The van der Waals surface area contributed by atoms with Crippen molar-refractivity contribution in [2.24, 2.45) is 5.73 Å². The summed E-state index contributed by atoms with van der Waals surface area (Å²) in [5.41, 5.74) is 5.74. The molecule has 0 radical (unpaired) electrons. The average Bonchev–Trinajstić information content (AvgIpc) is 2.15. The van der Waals surface area contributed by atoms with Gasteiger partial charge in [-0.05, 0) is 24.1 Å². The summed E-state index contributed by atoms with van der Waals surface area (Å²) in [6.45, 7) is 1.67. The molecule has 0 aliphatic heterocycles. The number of alkyl halides is 3. The first-order valence-corrected chi connectivity index (χ1v) is 4.33. The van der Waals surface area contributed by atoms with E-state index in [9.17, 15) is 13.2 Å². The van der Waals surface area contributed by atoms with E-state index in [1.54, 1.807) is 6.92 Å². The second-order valence-corrected chi connectivity index (χ2v) is 3.25. The molecule has 0 aliphatic carbocycles. The van der Waals surface area contributed by atoms with E-state index in [-0.39, 0.29) is 5.56 Å². The van der Waals surface area contributed by atoms with Crippen LogP contribution in [0.4, 0.5) is 13.2 Å². The first-order chi connectivity index (χ1) is 6.86. The second-order valence-electron chi connectivity index (χ2n) is 3.25. The topological polar surface area (TPSA) is 35.2 Å². The Morgan fingerprint density at radius 1 is 1.33 bits per heavy atom. The van der Waals surface area contributed by atoms with E-state index in [1.165, 1.54) is 25.3 Å². The van der Waals surface area contributed by atoms with Crippen LogP contribution in [0.15, 0.2) is 18.2 Å². The molecular formula is C10H12F3NO. The predicted octanol–water partition coefficient (Wildman–Crippen LogP) is 2.57. The minimum atomic E-state index is -4.42. The number of benzene rings is 1. The van der Waals surface area contributed by atoms with Crippen LogP contribution in [0.2, 0.25) is 0 Å². The monoisotopic (exact) mass is 219 g/mol. The third-order valence-corrected chi connectivity index (χ3v) is 2.13. The van der Waals surface area contributed by atoms with Gasteiger partial charge in [0.1, 0.15) is 11.8 Å². The molecule has 1 rings (SSSR count). The molecule has 0 amide bonds. The Hall–Kier alpha value is -1.23. The number of hydrogen-bond donors (Lipinski definition) is 1. The van der Waals surface area contributed by atoms with Crippen LogP contribution in [0.1, 0.15) is 17.2 Å². The van der Waals surface area contributed by atoms with Gasteiger partial charge < -0.3 is 10.5 Å². The molecule has 2 N–H and O–H groups in total. The van der Waals surface area contributed by atoms with Crippen molar-refractivity contribution in [3.8, 4) is 5.75 Å². The summed E-state index contributed by atoms with van der Waals surface area (Å²) < 4.78 is 41.8. The van der Waals surface area contributed by atoms with E-state index >= 15 is 0 Å². The highest BCUT2D eigenvalue weighted by Crippen LogP contribution is 2.32. The Kier molecular flexibility index (Phi) is 3.24. The van der Waals surface area contributed by atoms with Gasteiger partial charge in [0.2, 0.25) is 0 Å². The van der Waals surface area contributed by atoms with Gasteiger partial charge in [-0.15, -0.1) is 0 Å². The zero-order valence-electron chi connectivity index (χ0n) is 8.43. The average molecular weight is 219 g/mol. The van der Waals surface area contributed by atoms with Gasteiger partial charge >= 0.3 is 6.18 Å². The van der Waals surface area contributed by atoms with E-state index in [0.29, 0.717) is 11.3 Å². The summed E-state index contributed by atoms with van der Waals surface area (Å²) in [6.07, 6.45) is -4.42. The van der Waals surface area contributed by atoms with Crippen molar-refractivity contribution < 1.29 is 17.9 Å². The van der Waals surface area contributed by atoms with E-state index in [1.807, 2.05) is 0 Å². The van der Waals surface area contributed by atoms with Gasteiger partial charge in [-0.2, -0.15) is 13.2 Å². The molecule has 5 heteroatoms. The molecule has 0 heterocycles. The number of ether oxygens (including phenoxy) is 1. The molecular weight excluding hydrogens is 207 g/mol. The minimum absolute atomic E-state index is 0.0424. The number of rotatable bonds is 2. The first kappa shape index (κ1) is 11.8. The van der Waals surface area contributed by atoms with Crippen LogP contribution in [-0.4, -0.2) is 13.3 Å². The van der Waals surface area contributed by atoms with Gasteiger partial charge in [0.25, 0.3) is 0 Å². The lowest BCUT2D eigenvalue weighted by Gasteiger charge is -2.17. The molecule has 15 heavy (non-hydrogen) atoms. The highest BCUT2D eigenvalue weighted by atomic mass is 19.4. The molecule has 1 aromatic rings. The highest BCUT2D eigenvalue weighted by molar-refractivity contribution is 5.37. The van der Waals surface area contributed by atoms with Crippen molar-refractivity contribution in [1.82, 2.24) is 0 Å².